The highest BCUT2D eigenvalue weighted by Gasteiger charge is 2.37. The van der Waals surface area contributed by atoms with Crippen LogP contribution in [-0.2, 0) is 17.8 Å². The van der Waals surface area contributed by atoms with E-state index in [0.29, 0.717) is 13.0 Å². The van der Waals surface area contributed by atoms with Crippen molar-refractivity contribution in [3.63, 3.8) is 0 Å². The van der Waals surface area contributed by atoms with Crippen LogP contribution in [-0.4, -0.2) is 22.9 Å². The van der Waals surface area contributed by atoms with E-state index in [9.17, 15) is 9.59 Å². The van der Waals surface area contributed by atoms with E-state index in [2.05, 4.69) is 5.32 Å². The summed E-state index contributed by atoms with van der Waals surface area (Å²) in [6.07, 6.45) is 0.523. The quantitative estimate of drug-likeness (QED) is 0.883. The number of hydrogen-bond donors (Lipinski definition) is 1. The summed E-state index contributed by atoms with van der Waals surface area (Å²) < 4.78 is 0. The van der Waals surface area contributed by atoms with Gasteiger partial charge in [-0.05, 0) is 30.5 Å². The molecule has 118 valence electrons. The first-order chi connectivity index (χ1) is 11.0. The molecule has 0 bridgehead atoms. The van der Waals surface area contributed by atoms with Crippen molar-refractivity contribution in [3.8, 4) is 0 Å². The van der Waals surface area contributed by atoms with Gasteiger partial charge in [0, 0.05) is 6.42 Å². The van der Waals surface area contributed by atoms with Gasteiger partial charge in [0.1, 0.15) is 6.04 Å². The number of benzene rings is 2. The second kappa shape index (κ2) is 6.24. The molecule has 4 heteroatoms. The van der Waals surface area contributed by atoms with Gasteiger partial charge in [-0.15, -0.1) is 0 Å². The van der Waals surface area contributed by atoms with Crippen LogP contribution in [0.2, 0.25) is 0 Å². The fraction of sp³-hybridized carbons (Fsp3) is 0.263. The van der Waals surface area contributed by atoms with Crippen molar-refractivity contribution in [2.75, 3.05) is 0 Å². The average molecular weight is 308 g/mol. The van der Waals surface area contributed by atoms with Crippen LogP contribution in [0, 0.1) is 13.8 Å². The molecule has 4 nitrogen and oxygen atoms in total. The zero-order valence-electron chi connectivity index (χ0n) is 13.4. The molecule has 1 heterocycles. The topological polar surface area (TPSA) is 49.4 Å². The minimum absolute atomic E-state index is 0.153. The van der Waals surface area contributed by atoms with E-state index in [1.54, 1.807) is 0 Å². The Kier molecular flexibility index (Phi) is 4.15. The summed E-state index contributed by atoms with van der Waals surface area (Å²) in [5.74, 6) is -0.153. The molecule has 3 rings (SSSR count). The van der Waals surface area contributed by atoms with Gasteiger partial charge in [0.05, 0.1) is 6.54 Å². The van der Waals surface area contributed by atoms with E-state index in [0.717, 1.165) is 22.3 Å². The van der Waals surface area contributed by atoms with Crippen molar-refractivity contribution in [2.45, 2.75) is 32.9 Å². The minimum atomic E-state index is -0.477. The van der Waals surface area contributed by atoms with Gasteiger partial charge in [0.15, 0.2) is 0 Å². The van der Waals surface area contributed by atoms with E-state index in [4.69, 9.17) is 0 Å². The standard InChI is InChI=1S/C19H20N2O2/c1-13-8-9-14(2)16(10-13)12-21-18(22)17(20-19(21)23)11-15-6-4-3-5-7-15/h3-10,17H,11-12H2,1-2H3,(H,20,23)/t17-/m1/s1. The van der Waals surface area contributed by atoms with Gasteiger partial charge < -0.3 is 5.32 Å². The van der Waals surface area contributed by atoms with Gasteiger partial charge in [-0.2, -0.15) is 0 Å². The summed E-state index contributed by atoms with van der Waals surface area (Å²) in [5, 5.41) is 2.79. The molecule has 0 spiro atoms. The summed E-state index contributed by atoms with van der Waals surface area (Å²) in [4.78, 5) is 26.1. The molecular weight excluding hydrogens is 288 g/mol. The normalized spacial score (nSPS) is 17.5. The molecule has 1 atom stereocenters. The second-order valence-corrected chi connectivity index (χ2v) is 6.05. The Bertz CT molecular complexity index is 740. The van der Waals surface area contributed by atoms with Gasteiger partial charge in [-0.3, -0.25) is 9.69 Å². The number of nitrogens with zero attached hydrogens (tertiary/aromatic N) is 1. The van der Waals surface area contributed by atoms with Crippen LogP contribution in [0.25, 0.3) is 0 Å². The maximum Gasteiger partial charge on any atom is 0.325 e. The van der Waals surface area contributed by atoms with E-state index >= 15 is 0 Å². The van der Waals surface area contributed by atoms with Crippen LogP contribution in [0.3, 0.4) is 0 Å². The Morgan fingerprint density at radius 1 is 1.04 bits per heavy atom. The third-order valence-electron chi connectivity index (χ3n) is 4.22. The highest BCUT2D eigenvalue weighted by molar-refractivity contribution is 6.04. The predicted molar refractivity (Wildman–Crippen MR) is 88.9 cm³/mol. The maximum atomic E-state index is 12.6. The lowest BCUT2D eigenvalue weighted by molar-refractivity contribution is -0.127. The van der Waals surface area contributed by atoms with Crippen LogP contribution in [0.1, 0.15) is 22.3 Å². The Balaban J connectivity index is 1.75. The first-order valence-corrected chi connectivity index (χ1v) is 7.76. The van der Waals surface area contributed by atoms with Gasteiger partial charge >= 0.3 is 6.03 Å². The molecule has 3 amide bonds. The molecule has 1 aliphatic heterocycles. The first kappa shape index (κ1) is 15.3. The van der Waals surface area contributed by atoms with Gasteiger partial charge in [0.2, 0.25) is 0 Å². The molecule has 0 radical (unpaired) electrons. The molecule has 0 unspecified atom stereocenters. The van der Waals surface area contributed by atoms with Crippen LogP contribution in [0.4, 0.5) is 4.79 Å². The van der Waals surface area contributed by atoms with Crippen molar-refractivity contribution in [3.05, 3.63) is 70.8 Å². The zero-order valence-corrected chi connectivity index (χ0v) is 13.4. The lowest BCUT2D eigenvalue weighted by Crippen LogP contribution is -2.32. The van der Waals surface area contributed by atoms with E-state index in [1.807, 2.05) is 62.4 Å². The third kappa shape index (κ3) is 3.26. The molecule has 1 fully saturated rings. The number of carbonyl (C=O) groups excluding carboxylic acids is 2. The van der Waals surface area contributed by atoms with E-state index in [1.165, 1.54) is 4.90 Å². The van der Waals surface area contributed by atoms with Crippen LogP contribution in [0.5, 0.6) is 0 Å². The zero-order chi connectivity index (χ0) is 16.4. The number of amides is 3. The number of urea groups is 1. The van der Waals surface area contributed by atoms with Crippen LogP contribution < -0.4 is 5.32 Å². The third-order valence-corrected chi connectivity index (χ3v) is 4.22. The van der Waals surface area contributed by atoms with Crippen molar-refractivity contribution >= 4 is 11.9 Å². The monoisotopic (exact) mass is 308 g/mol. The average Bonchev–Trinajstić information content (AvgIpc) is 2.79. The maximum absolute atomic E-state index is 12.6. The molecule has 0 aliphatic carbocycles. The Morgan fingerprint density at radius 2 is 1.78 bits per heavy atom. The first-order valence-electron chi connectivity index (χ1n) is 7.76. The SMILES string of the molecule is Cc1ccc(C)c(CN2C(=O)N[C@H](Cc3ccccc3)C2=O)c1. The van der Waals surface area contributed by atoms with Gasteiger partial charge in [-0.25, -0.2) is 4.79 Å². The number of rotatable bonds is 4. The fourth-order valence-electron chi connectivity index (χ4n) is 2.86. The Morgan fingerprint density at radius 3 is 2.52 bits per heavy atom. The Hall–Kier alpha value is -2.62. The minimum Gasteiger partial charge on any atom is -0.325 e. The van der Waals surface area contributed by atoms with Crippen LogP contribution in [0.15, 0.2) is 48.5 Å². The molecular formula is C19H20N2O2. The van der Waals surface area contributed by atoms with Gasteiger partial charge in [0.25, 0.3) is 5.91 Å². The van der Waals surface area contributed by atoms with Crippen molar-refractivity contribution in [2.24, 2.45) is 0 Å². The fourth-order valence-corrected chi connectivity index (χ4v) is 2.86. The number of hydrogen-bond acceptors (Lipinski definition) is 2. The summed E-state index contributed by atoms with van der Waals surface area (Å²) in [5.41, 5.74) is 4.26. The number of aryl methyl sites for hydroxylation is 2. The lowest BCUT2D eigenvalue weighted by Gasteiger charge is -2.15. The summed E-state index contributed by atoms with van der Waals surface area (Å²) >= 11 is 0. The van der Waals surface area contributed by atoms with E-state index < -0.39 is 6.04 Å². The molecule has 2 aromatic rings. The highest BCUT2D eigenvalue weighted by Crippen LogP contribution is 2.18. The molecule has 23 heavy (non-hydrogen) atoms. The molecule has 1 N–H and O–H groups in total. The number of carbonyl (C=O) groups is 2. The predicted octanol–water partition coefficient (Wildman–Crippen LogP) is 2.97. The smallest absolute Gasteiger partial charge is 0.325 e. The summed E-state index contributed by atoms with van der Waals surface area (Å²) in [6, 6.07) is 15.0. The number of imide groups is 1. The largest absolute Gasteiger partial charge is 0.325 e. The van der Waals surface area contributed by atoms with Crippen molar-refractivity contribution in [1.29, 1.82) is 0 Å². The van der Waals surface area contributed by atoms with Crippen LogP contribution >= 0.6 is 0 Å². The molecule has 1 saturated heterocycles. The second-order valence-electron chi connectivity index (χ2n) is 6.05. The van der Waals surface area contributed by atoms with Crippen molar-refractivity contribution in [1.82, 2.24) is 10.2 Å². The van der Waals surface area contributed by atoms with E-state index in [-0.39, 0.29) is 11.9 Å². The molecule has 2 aromatic carbocycles. The Labute approximate surface area is 136 Å². The van der Waals surface area contributed by atoms with Crippen molar-refractivity contribution < 1.29 is 9.59 Å². The number of nitrogens with one attached hydrogen (secondary N) is 1. The van der Waals surface area contributed by atoms with Gasteiger partial charge in [-0.1, -0.05) is 54.1 Å². The highest BCUT2D eigenvalue weighted by atomic mass is 16.2. The summed E-state index contributed by atoms with van der Waals surface area (Å²) in [7, 11) is 0. The molecule has 0 saturated carbocycles. The molecule has 0 aromatic heterocycles. The molecule has 1 aliphatic rings. The lowest BCUT2D eigenvalue weighted by atomic mass is 10.0. The summed E-state index contributed by atoms with van der Waals surface area (Å²) in [6.45, 7) is 4.32.